The van der Waals surface area contributed by atoms with E-state index in [1.165, 1.54) is 13.1 Å². The van der Waals surface area contributed by atoms with Crippen LogP contribution < -0.4 is 15.4 Å². The molecule has 2 aliphatic carbocycles. The number of rotatable bonds is 6. The second-order valence-corrected chi connectivity index (χ2v) is 13.1. The van der Waals surface area contributed by atoms with E-state index in [2.05, 4.69) is 10.6 Å². The highest BCUT2D eigenvalue weighted by Crippen LogP contribution is 2.52. The second-order valence-electron chi connectivity index (χ2n) is 12.7. The molecule has 3 aromatic carbocycles. The molecule has 1 saturated carbocycles. The molecule has 0 unspecified atom stereocenters. The zero-order valence-electron chi connectivity index (χ0n) is 24.6. The smallest absolute Gasteiger partial charge is 0.251 e. The monoisotopic (exact) mass is 610 g/mol. The lowest BCUT2D eigenvalue weighted by Gasteiger charge is -2.36. The number of carbonyl (C=O) groups excluding carboxylic acids is 1. The summed E-state index contributed by atoms with van der Waals surface area (Å²) >= 11 is 6.65. The lowest BCUT2D eigenvalue weighted by molar-refractivity contribution is 0.0104. The molecule has 6 rings (SSSR count). The van der Waals surface area contributed by atoms with Gasteiger partial charge in [-0.2, -0.15) is 0 Å². The Hall–Kier alpha value is -3.04. The molecule has 3 aliphatic rings. The molecule has 228 valence electrons. The highest BCUT2D eigenvalue weighted by Gasteiger charge is 2.45. The Bertz CT molecular complexity index is 1570. The van der Waals surface area contributed by atoms with E-state index in [9.17, 15) is 15.0 Å². The molecular weight excluding hydrogens is 574 g/mol. The van der Waals surface area contributed by atoms with Gasteiger partial charge in [-0.3, -0.25) is 4.79 Å². The highest BCUT2D eigenvalue weighted by molar-refractivity contribution is 6.34. The maximum absolute atomic E-state index is 16.6. The van der Waals surface area contributed by atoms with Gasteiger partial charge in [0, 0.05) is 54.4 Å². The van der Waals surface area contributed by atoms with Crippen LogP contribution in [0.25, 0.3) is 11.1 Å². The van der Waals surface area contributed by atoms with Crippen LogP contribution in [0.3, 0.4) is 0 Å². The molecule has 6 nitrogen and oxygen atoms in total. The number of amides is 1. The molecule has 9 heteroatoms. The van der Waals surface area contributed by atoms with Gasteiger partial charge in [-0.05, 0) is 62.1 Å². The Morgan fingerprint density at radius 3 is 2.51 bits per heavy atom. The SMILES string of the molecule is CNC(=O)c1cc2c(c(F)c1-c1c(Cl)c(F)cc3c1C[C@@](CNC1CCC(C)(O)CC1)(c1ccccc1)O3)[C@H](O)[C@H](C)C2. The van der Waals surface area contributed by atoms with E-state index >= 15 is 8.78 Å². The molecule has 0 aromatic heterocycles. The number of hydrogen-bond acceptors (Lipinski definition) is 5. The number of halogens is 3. The highest BCUT2D eigenvalue weighted by atomic mass is 35.5. The van der Waals surface area contributed by atoms with Crippen molar-refractivity contribution >= 4 is 17.5 Å². The molecule has 3 aromatic rings. The van der Waals surface area contributed by atoms with Crippen LogP contribution in [-0.2, 0) is 18.4 Å². The Kier molecular flexibility index (Phi) is 7.78. The number of benzene rings is 3. The van der Waals surface area contributed by atoms with Crippen LogP contribution in [0.5, 0.6) is 5.75 Å². The molecule has 1 heterocycles. The first-order chi connectivity index (χ1) is 20.4. The Morgan fingerprint density at radius 2 is 1.84 bits per heavy atom. The summed E-state index contributed by atoms with van der Waals surface area (Å²) < 4.78 is 38.8. The van der Waals surface area contributed by atoms with Crippen LogP contribution in [0.1, 0.15) is 78.2 Å². The lowest BCUT2D eigenvalue weighted by atomic mass is 9.82. The third kappa shape index (κ3) is 5.22. The van der Waals surface area contributed by atoms with Crippen molar-refractivity contribution in [1.29, 1.82) is 0 Å². The molecule has 0 spiro atoms. The third-order valence-electron chi connectivity index (χ3n) is 9.58. The zero-order chi connectivity index (χ0) is 30.7. The minimum Gasteiger partial charge on any atom is -0.480 e. The summed E-state index contributed by atoms with van der Waals surface area (Å²) in [6.45, 7) is 4.05. The summed E-state index contributed by atoms with van der Waals surface area (Å²) in [7, 11) is 1.45. The number of nitrogens with one attached hydrogen (secondary N) is 2. The van der Waals surface area contributed by atoms with Crippen molar-refractivity contribution in [2.75, 3.05) is 13.6 Å². The fourth-order valence-corrected chi connectivity index (χ4v) is 7.33. The Morgan fingerprint density at radius 1 is 1.14 bits per heavy atom. The quantitative estimate of drug-likeness (QED) is 0.276. The van der Waals surface area contributed by atoms with Crippen molar-refractivity contribution in [3.05, 3.63) is 86.9 Å². The van der Waals surface area contributed by atoms with Crippen LogP contribution in [0.2, 0.25) is 5.02 Å². The predicted molar refractivity (Wildman–Crippen MR) is 161 cm³/mol. The van der Waals surface area contributed by atoms with Gasteiger partial charge in [-0.25, -0.2) is 8.78 Å². The van der Waals surface area contributed by atoms with E-state index in [0.29, 0.717) is 36.9 Å². The number of aliphatic hydroxyl groups excluding tert-OH is 1. The first-order valence-electron chi connectivity index (χ1n) is 14.9. The Labute approximate surface area is 255 Å². The van der Waals surface area contributed by atoms with E-state index in [-0.39, 0.29) is 51.4 Å². The van der Waals surface area contributed by atoms with Gasteiger partial charge in [0.05, 0.1) is 22.3 Å². The molecule has 3 atom stereocenters. The molecule has 0 saturated heterocycles. The predicted octanol–water partition coefficient (Wildman–Crippen LogP) is 5.98. The van der Waals surface area contributed by atoms with Crippen molar-refractivity contribution in [3.63, 3.8) is 0 Å². The minimum absolute atomic E-state index is 0.0272. The van der Waals surface area contributed by atoms with Gasteiger partial charge in [-0.15, -0.1) is 0 Å². The average molecular weight is 611 g/mol. The fourth-order valence-electron chi connectivity index (χ4n) is 7.06. The molecular formula is C34H37ClF2N2O4. The van der Waals surface area contributed by atoms with Gasteiger partial charge in [0.15, 0.2) is 5.60 Å². The summed E-state index contributed by atoms with van der Waals surface area (Å²) in [6, 6.07) is 12.6. The summed E-state index contributed by atoms with van der Waals surface area (Å²) in [5.41, 5.74) is 0.329. The van der Waals surface area contributed by atoms with Crippen molar-refractivity contribution in [3.8, 4) is 16.9 Å². The van der Waals surface area contributed by atoms with Crippen LogP contribution in [-0.4, -0.2) is 41.4 Å². The van der Waals surface area contributed by atoms with Crippen LogP contribution in [0.4, 0.5) is 8.78 Å². The average Bonchev–Trinajstić information content (AvgIpc) is 3.50. The molecule has 0 radical (unpaired) electrons. The first kappa shape index (κ1) is 30.0. The van der Waals surface area contributed by atoms with E-state index in [4.69, 9.17) is 16.3 Å². The van der Waals surface area contributed by atoms with Gasteiger partial charge >= 0.3 is 0 Å². The van der Waals surface area contributed by atoms with E-state index in [1.54, 1.807) is 6.07 Å². The standard InChI is InChI=1S/C34H37ClF2N2O4/c1-18-13-19-14-22(32(41)38-3)28(30(37)26(19)31(18)40)27-23-16-34(20-7-5-4-6-8-20,43-25(23)15-24(36)29(27)35)17-39-21-9-11-33(2,42)12-10-21/h4-8,14-15,18,21,31,39-40,42H,9-13,16-17H2,1-3H3,(H,38,41)/t18-,21?,31-,33?,34-/m1/s1. The number of hydrogen-bond donors (Lipinski definition) is 4. The molecule has 0 bridgehead atoms. The number of fused-ring (bicyclic) bond motifs is 2. The van der Waals surface area contributed by atoms with Gasteiger partial charge < -0.3 is 25.6 Å². The molecule has 43 heavy (non-hydrogen) atoms. The Balaban J connectivity index is 1.48. The number of carbonyl (C=O) groups is 1. The number of aliphatic hydroxyl groups is 2. The summed E-state index contributed by atoms with van der Waals surface area (Å²) in [6.07, 6.45) is 2.55. The van der Waals surface area contributed by atoms with Crippen LogP contribution in [0, 0.1) is 17.6 Å². The lowest BCUT2D eigenvalue weighted by Crippen LogP contribution is -2.48. The fraction of sp³-hybridized carbons (Fsp3) is 0.441. The summed E-state index contributed by atoms with van der Waals surface area (Å²) in [5.74, 6) is -2.12. The van der Waals surface area contributed by atoms with Gasteiger partial charge in [-0.1, -0.05) is 48.9 Å². The molecule has 1 fully saturated rings. The molecule has 4 N–H and O–H groups in total. The zero-order valence-corrected chi connectivity index (χ0v) is 25.3. The van der Waals surface area contributed by atoms with Crippen molar-refractivity contribution in [1.82, 2.24) is 10.6 Å². The number of ether oxygens (including phenoxy) is 1. The maximum atomic E-state index is 16.6. The van der Waals surface area contributed by atoms with Gasteiger partial charge in [0.1, 0.15) is 17.4 Å². The van der Waals surface area contributed by atoms with E-state index < -0.39 is 34.8 Å². The normalized spacial score (nSPS) is 27.9. The van der Waals surface area contributed by atoms with Gasteiger partial charge in [0.25, 0.3) is 5.91 Å². The van der Waals surface area contributed by atoms with Crippen molar-refractivity contribution in [2.24, 2.45) is 5.92 Å². The van der Waals surface area contributed by atoms with E-state index in [1.807, 2.05) is 44.2 Å². The van der Waals surface area contributed by atoms with Crippen LogP contribution >= 0.6 is 11.6 Å². The maximum Gasteiger partial charge on any atom is 0.251 e. The molecule has 1 amide bonds. The first-order valence-corrected chi connectivity index (χ1v) is 15.3. The molecule has 1 aliphatic heterocycles. The summed E-state index contributed by atoms with van der Waals surface area (Å²) in [5, 5.41) is 27.2. The topological polar surface area (TPSA) is 90.8 Å². The second kappa shape index (κ2) is 11.1. The van der Waals surface area contributed by atoms with Crippen molar-refractivity contribution in [2.45, 2.75) is 75.7 Å². The van der Waals surface area contributed by atoms with Crippen molar-refractivity contribution < 1.29 is 28.5 Å². The van der Waals surface area contributed by atoms with Gasteiger partial charge in [0.2, 0.25) is 0 Å². The van der Waals surface area contributed by atoms with Crippen LogP contribution in [0.15, 0.2) is 42.5 Å². The van der Waals surface area contributed by atoms with E-state index in [0.717, 1.165) is 18.4 Å². The summed E-state index contributed by atoms with van der Waals surface area (Å²) in [4.78, 5) is 13.2. The largest absolute Gasteiger partial charge is 0.480 e. The third-order valence-corrected chi connectivity index (χ3v) is 9.95. The minimum atomic E-state index is -1.06.